The number of hydrogen-bond donors (Lipinski definition) is 2. The summed E-state index contributed by atoms with van der Waals surface area (Å²) in [5.74, 6) is -0.454. The molecule has 4 aromatic rings. The molecule has 1 fully saturated rings. The Bertz CT molecular complexity index is 1630. The summed E-state index contributed by atoms with van der Waals surface area (Å²) >= 11 is 0. The molecule has 1 saturated heterocycles. The van der Waals surface area contributed by atoms with Gasteiger partial charge in [0.15, 0.2) is 0 Å². The summed E-state index contributed by atoms with van der Waals surface area (Å²) in [6, 6.07) is 10.5. The predicted octanol–water partition coefficient (Wildman–Crippen LogP) is 5.00. The second kappa shape index (κ2) is 12.0. The van der Waals surface area contributed by atoms with Crippen LogP contribution in [0, 0.1) is 6.92 Å². The van der Waals surface area contributed by atoms with Crippen LogP contribution in [0.25, 0.3) is 11.3 Å². The zero-order valence-electron chi connectivity index (χ0n) is 25.1. The van der Waals surface area contributed by atoms with Gasteiger partial charge in [-0.3, -0.25) is 19.7 Å². The molecule has 0 saturated carbocycles. The number of aromatic nitrogens is 4. The first-order chi connectivity index (χ1) is 20.9. The summed E-state index contributed by atoms with van der Waals surface area (Å²) in [7, 11) is 0. The van der Waals surface area contributed by atoms with Crippen LogP contribution in [0.15, 0.2) is 67.3 Å². The van der Waals surface area contributed by atoms with E-state index in [9.17, 15) is 18.0 Å². The van der Waals surface area contributed by atoms with Gasteiger partial charge in [-0.1, -0.05) is 6.07 Å². The van der Waals surface area contributed by atoms with Crippen molar-refractivity contribution in [3.05, 3.63) is 89.6 Å². The third-order valence-electron chi connectivity index (χ3n) is 6.65. The molecule has 9 nitrogen and oxygen atoms in total. The number of carbonyl (C=O) groups excluding carboxylic acids is 1. The molecule has 4 heterocycles. The Balaban J connectivity index is 1.30. The molecular formula is C29H29F3N8O. The van der Waals surface area contributed by atoms with Gasteiger partial charge in [0.25, 0.3) is 5.91 Å². The topological polar surface area (TPSA) is 99.2 Å². The van der Waals surface area contributed by atoms with E-state index in [1.165, 1.54) is 23.2 Å². The third kappa shape index (κ3) is 7.02. The van der Waals surface area contributed by atoms with Crippen LogP contribution in [-0.4, -0.2) is 68.8 Å². The number of nitrogens with zero attached hydrogens (tertiary/aromatic N) is 6. The molecule has 0 atom stereocenters. The van der Waals surface area contributed by atoms with Crippen molar-refractivity contribution in [1.29, 1.82) is 0 Å². The maximum Gasteiger partial charge on any atom is 0.416 e. The fraction of sp³-hybridized carbons (Fsp3) is 0.276. The lowest BCUT2D eigenvalue weighted by molar-refractivity contribution is -0.138. The number of rotatable bonds is 7. The first kappa shape index (κ1) is 24.4. The van der Waals surface area contributed by atoms with Gasteiger partial charge in [-0.15, -0.1) is 0 Å². The number of amides is 1. The van der Waals surface area contributed by atoms with Crippen molar-refractivity contribution < 1.29 is 22.1 Å². The number of hydrogen-bond acceptors (Lipinski definition) is 8. The highest BCUT2D eigenvalue weighted by Gasteiger charge is 2.34. The Morgan fingerprint density at radius 2 is 1.88 bits per heavy atom. The van der Waals surface area contributed by atoms with E-state index in [1.54, 1.807) is 48.6 Å². The molecule has 0 aliphatic carbocycles. The van der Waals surface area contributed by atoms with Gasteiger partial charge in [-0.2, -0.15) is 13.2 Å². The Morgan fingerprint density at radius 3 is 2.61 bits per heavy atom. The fourth-order valence-electron chi connectivity index (χ4n) is 4.41. The van der Waals surface area contributed by atoms with Crippen molar-refractivity contribution in [2.45, 2.75) is 19.6 Å². The largest absolute Gasteiger partial charge is 0.416 e. The molecule has 0 unspecified atom stereocenters. The van der Waals surface area contributed by atoms with Gasteiger partial charge in [0.05, 0.1) is 34.5 Å². The Hall–Kier alpha value is -4.42. The highest BCUT2D eigenvalue weighted by atomic mass is 19.4. The molecule has 0 bridgehead atoms. The van der Waals surface area contributed by atoms with E-state index in [1.807, 2.05) is 6.07 Å². The van der Waals surface area contributed by atoms with Crippen LogP contribution < -0.4 is 10.6 Å². The quantitative estimate of drug-likeness (QED) is 0.323. The highest BCUT2D eigenvalue weighted by molar-refractivity contribution is 6.04. The monoisotopic (exact) mass is 565 g/mol. The summed E-state index contributed by atoms with van der Waals surface area (Å²) in [6.45, 7) is 0.564. The third-order valence-corrected chi connectivity index (χ3v) is 6.65. The Kier molecular flexibility index (Phi) is 7.13. The number of likely N-dealkylation sites (N-methyl/N-ethyl adjacent to an activating group) is 1. The maximum absolute atomic E-state index is 14.1. The number of alkyl halides is 3. The van der Waals surface area contributed by atoms with E-state index < -0.39 is 24.6 Å². The predicted molar refractivity (Wildman–Crippen MR) is 150 cm³/mol. The molecule has 212 valence electrons. The second-order valence-electron chi connectivity index (χ2n) is 9.58. The van der Waals surface area contributed by atoms with Crippen molar-refractivity contribution in [3.63, 3.8) is 0 Å². The van der Waals surface area contributed by atoms with Gasteiger partial charge in [-0.25, -0.2) is 9.97 Å². The lowest BCUT2D eigenvalue weighted by atomic mass is 10.0. The summed E-state index contributed by atoms with van der Waals surface area (Å²) < 4.78 is 64.8. The molecule has 1 aliphatic heterocycles. The molecule has 41 heavy (non-hydrogen) atoms. The molecule has 1 aromatic carbocycles. The van der Waals surface area contributed by atoms with Gasteiger partial charge in [0.2, 0.25) is 5.95 Å². The average molecular weight is 566 g/mol. The van der Waals surface area contributed by atoms with Crippen LogP contribution in [0.5, 0.6) is 0 Å². The molecule has 5 rings (SSSR count). The van der Waals surface area contributed by atoms with Crippen LogP contribution >= 0.6 is 0 Å². The molecule has 3 aromatic heterocycles. The van der Waals surface area contributed by atoms with Gasteiger partial charge in [-0.05, 0) is 55.9 Å². The van der Waals surface area contributed by atoms with E-state index in [0.29, 0.717) is 30.2 Å². The summed E-state index contributed by atoms with van der Waals surface area (Å²) in [4.78, 5) is 33.3. The van der Waals surface area contributed by atoms with Gasteiger partial charge >= 0.3 is 6.18 Å². The number of anilines is 3. The lowest BCUT2D eigenvalue weighted by Crippen LogP contribution is -2.44. The van der Waals surface area contributed by atoms with E-state index in [2.05, 4.69) is 30.6 Å². The van der Waals surface area contributed by atoms with Crippen LogP contribution in [0.1, 0.15) is 31.3 Å². The molecule has 2 N–H and O–H groups in total. The Labute approximate surface area is 239 Å². The van der Waals surface area contributed by atoms with Gasteiger partial charge in [0, 0.05) is 66.6 Å². The first-order valence-corrected chi connectivity index (χ1v) is 12.8. The normalized spacial score (nSPS) is 16.0. The minimum atomic E-state index is -4.70. The molecule has 0 spiro atoms. The van der Waals surface area contributed by atoms with E-state index in [0.717, 1.165) is 11.6 Å². The highest BCUT2D eigenvalue weighted by Crippen LogP contribution is 2.34. The smallest absolute Gasteiger partial charge is 0.322 e. The number of nitrogens with one attached hydrogen (secondary N) is 2. The number of aryl methyl sites for hydroxylation is 1. The van der Waals surface area contributed by atoms with Crippen molar-refractivity contribution >= 4 is 23.2 Å². The first-order valence-electron chi connectivity index (χ1n) is 14.3. The number of piperazine rings is 1. The lowest BCUT2D eigenvalue weighted by Gasteiger charge is -2.33. The average Bonchev–Trinajstić information content (AvgIpc) is 2.99. The van der Waals surface area contributed by atoms with E-state index >= 15 is 0 Å². The SMILES string of the molecule is [2H]C([2H])([2H])N1CCN(Cc2ccc(C(=O)Nc3cnc(C)c(Nc4nccc(-c5cccnc5)n4)c3)cc2C(F)(F)F)CC1. The minimum absolute atomic E-state index is 0.00777. The standard InChI is InChI=1S/C29H29F3N8O/c1-19-26(38-28-34-9-7-25(37-28)21-4-3-8-33-16-21)15-23(17-35-19)36-27(41)20-5-6-22(24(14-20)29(30,31)32)18-40-12-10-39(2)11-13-40/h3-9,14-17H,10-13,18H2,1-2H3,(H,36,41)(H,34,37,38)/i2D3. The van der Waals surface area contributed by atoms with Crippen LogP contribution in [0.3, 0.4) is 0 Å². The zero-order valence-corrected chi connectivity index (χ0v) is 22.1. The van der Waals surface area contributed by atoms with Crippen molar-refractivity contribution in [1.82, 2.24) is 29.7 Å². The second-order valence-corrected chi connectivity index (χ2v) is 9.58. The van der Waals surface area contributed by atoms with Crippen molar-refractivity contribution in [3.8, 4) is 11.3 Å². The number of benzene rings is 1. The number of halogens is 3. The van der Waals surface area contributed by atoms with Crippen LogP contribution in [-0.2, 0) is 12.7 Å². The minimum Gasteiger partial charge on any atom is -0.322 e. The molecular weight excluding hydrogens is 533 g/mol. The summed E-state index contributed by atoms with van der Waals surface area (Å²) in [5, 5.41) is 5.70. The van der Waals surface area contributed by atoms with Crippen molar-refractivity contribution in [2.24, 2.45) is 0 Å². The summed E-state index contributed by atoms with van der Waals surface area (Å²) in [6.07, 6.45) is 1.63. The summed E-state index contributed by atoms with van der Waals surface area (Å²) in [5.41, 5.74) is 1.71. The molecule has 12 heteroatoms. The van der Waals surface area contributed by atoms with E-state index in [-0.39, 0.29) is 42.4 Å². The maximum atomic E-state index is 14.1. The van der Waals surface area contributed by atoms with Crippen LogP contribution in [0.4, 0.5) is 30.5 Å². The van der Waals surface area contributed by atoms with Gasteiger partial charge in [0.1, 0.15) is 0 Å². The van der Waals surface area contributed by atoms with Gasteiger partial charge < -0.3 is 15.5 Å². The number of pyridine rings is 2. The molecule has 1 amide bonds. The van der Waals surface area contributed by atoms with E-state index in [4.69, 9.17) is 4.11 Å². The Morgan fingerprint density at radius 1 is 1.05 bits per heavy atom. The zero-order chi connectivity index (χ0) is 31.5. The fourth-order valence-corrected chi connectivity index (χ4v) is 4.41. The van der Waals surface area contributed by atoms with Crippen LogP contribution in [0.2, 0.25) is 0 Å². The molecule has 1 aliphatic rings. The number of carbonyl (C=O) groups is 1. The van der Waals surface area contributed by atoms with Crippen molar-refractivity contribution in [2.75, 3.05) is 43.8 Å². The molecule has 0 radical (unpaired) electrons.